The van der Waals surface area contributed by atoms with Crippen LogP contribution in [0, 0.1) is 0 Å². The Hall–Kier alpha value is -0.820. The van der Waals surface area contributed by atoms with Gasteiger partial charge in [0.2, 0.25) is 11.0 Å². The summed E-state index contributed by atoms with van der Waals surface area (Å²) in [5.74, 6) is 0.0434. The second-order valence-electron chi connectivity index (χ2n) is 4.72. The Bertz CT molecular complexity index is 417. The number of amides is 1. The normalized spacial score (nSPS) is 16.7. The van der Waals surface area contributed by atoms with E-state index in [-0.39, 0.29) is 17.2 Å². The first-order chi connectivity index (χ1) is 8.54. The predicted molar refractivity (Wildman–Crippen MR) is 75.2 cm³/mol. The van der Waals surface area contributed by atoms with E-state index >= 15 is 0 Å². The van der Waals surface area contributed by atoms with Gasteiger partial charge in [-0.25, -0.2) is 0 Å². The zero-order chi connectivity index (χ0) is 13.1. The first-order valence-corrected chi connectivity index (χ1v) is 7.81. The molecule has 0 bridgehead atoms. The van der Waals surface area contributed by atoms with Crippen molar-refractivity contribution in [2.75, 3.05) is 5.32 Å². The van der Waals surface area contributed by atoms with Crippen LogP contribution in [-0.4, -0.2) is 33.4 Å². The number of hydrogen-bond acceptors (Lipinski definition) is 6. The van der Waals surface area contributed by atoms with Crippen LogP contribution in [0.25, 0.3) is 0 Å². The maximum absolute atomic E-state index is 11.8. The van der Waals surface area contributed by atoms with Crippen molar-refractivity contribution >= 4 is 34.1 Å². The second kappa shape index (κ2) is 5.88. The molecule has 0 aromatic carbocycles. The second-order valence-corrected chi connectivity index (χ2v) is 7.28. The van der Waals surface area contributed by atoms with Gasteiger partial charge in [0.1, 0.15) is 0 Å². The van der Waals surface area contributed by atoms with E-state index in [4.69, 9.17) is 0 Å². The van der Waals surface area contributed by atoms with Crippen LogP contribution in [0.2, 0.25) is 0 Å². The summed E-state index contributed by atoms with van der Waals surface area (Å²) in [5, 5.41) is 15.1. The van der Waals surface area contributed by atoms with Gasteiger partial charge in [0.25, 0.3) is 0 Å². The number of aromatic nitrogens is 2. The molecular formula is C11H18N4OS2. The Kier molecular flexibility index (Phi) is 4.45. The zero-order valence-electron chi connectivity index (χ0n) is 10.8. The summed E-state index contributed by atoms with van der Waals surface area (Å²) in [7, 11) is 0. The zero-order valence-corrected chi connectivity index (χ0v) is 12.4. The molecule has 2 N–H and O–H groups in total. The molecule has 1 atom stereocenters. The summed E-state index contributed by atoms with van der Waals surface area (Å²) in [6.45, 7) is 5.80. The van der Waals surface area contributed by atoms with Crippen LogP contribution in [-0.2, 0) is 4.79 Å². The van der Waals surface area contributed by atoms with Crippen molar-refractivity contribution < 1.29 is 4.79 Å². The highest BCUT2D eigenvalue weighted by atomic mass is 32.2. The van der Waals surface area contributed by atoms with Gasteiger partial charge in [-0.15, -0.1) is 10.2 Å². The first kappa shape index (κ1) is 13.6. The molecule has 7 heteroatoms. The van der Waals surface area contributed by atoms with Gasteiger partial charge >= 0.3 is 0 Å². The predicted octanol–water partition coefficient (Wildman–Crippen LogP) is 2.12. The number of rotatable bonds is 6. The minimum absolute atomic E-state index is 0.0434. The third kappa shape index (κ3) is 4.13. The van der Waals surface area contributed by atoms with Crippen LogP contribution in [0.5, 0.6) is 0 Å². The summed E-state index contributed by atoms with van der Waals surface area (Å²) in [6.07, 6.45) is 2.44. The molecule has 1 aromatic heterocycles. The van der Waals surface area contributed by atoms with Gasteiger partial charge in [-0.2, -0.15) is 0 Å². The average Bonchev–Trinajstić information content (AvgIpc) is 2.98. The molecule has 0 spiro atoms. The van der Waals surface area contributed by atoms with Gasteiger partial charge in [0, 0.05) is 12.1 Å². The standard InChI is InChI=1S/C11H18N4OS2/c1-6(2)12-9(16)7(3)17-11-15-14-10(18-11)13-8-4-5-8/h6-8H,4-5H2,1-3H3,(H,12,16)(H,13,14)/t7-/m1/s1. The van der Waals surface area contributed by atoms with Gasteiger partial charge in [-0.1, -0.05) is 23.1 Å². The molecule has 1 aromatic rings. The lowest BCUT2D eigenvalue weighted by Gasteiger charge is -2.12. The van der Waals surface area contributed by atoms with Crippen LogP contribution in [0.1, 0.15) is 33.6 Å². The van der Waals surface area contributed by atoms with E-state index in [1.165, 1.54) is 35.9 Å². The molecular weight excluding hydrogens is 268 g/mol. The fraction of sp³-hybridized carbons (Fsp3) is 0.727. The number of nitrogens with one attached hydrogen (secondary N) is 2. The van der Waals surface area contributed by atoms with Gasteiger partial charge < -0.3 is 10.6 Å². The molecule has 0 saturated heterocycles. The monoisotopic (exact) mass is 286 g/mol. The molecule has 1 amide bonds. The number of anilines is 1. The molecule has 1 fully saturated rings. The molecule has 2 rings (SSSR count). The third-order valence-electron chi connectivity index (χ3n) is 2.39. The Labute approximate surface area is 115 Å². The highest BCUT2D eigenvalue weighted by molar-refractivity contribution is 8.02. The first-order valence-electron chi connectivity index (χ1n) is 6.11. The third-order valence-corrected chi connectivity index (χ3v) is 4.43. The minimum Gasteiger partial charge on any atom is -0.357 e. The summed E-state index contributed by atoms with van der Waals surface area (Å²) in [5.41, 5.74) is 0. The Morgan fingerprint density at radius 2 is 2.11 bits per heavy atom. The van der Waals surface area contributed by atoms with E-state index in [0.29, 0.717) is 6.04 Å². The number of hydrogen-bond donors (Lipinski definition) is 2. The van der Waals surface area contributed by atoms with Crippen molar-refractivity contribution in [2.24, 2.45) is 0 Å². The van der Waals surface area contributed by atoms with E-state index in [1.54, 1.807) is 0 Å². The molecule has 1 saturated carbocycles. The SMILES string of the molecule is CC(C)NC(=O)[C@@H](C)Sc1nnc(NC2CC2)s1. The lowest BCUT2D eigenvalue weighted by atomic mass is 10.3. The Balaban J connectivity index is 1.83. The van der Waals surface area contributed by atoms with Crippen molar-refractivity contribution in [3.63, 3.8) is 0 Å². The van der Waals surface area contributed by atoms with Crippen LogP contribution in [0.15, 0.2) is 4.34 Å². The lowest BCUT2D eigenvalue weighted by molar-refractivity contribution is -0.120. The topological polar surface area (TPSA) is 66.9 Å². The smallest absolute Gasteiger partial charge is 0.233 e. The van der Waals surface area contributed by atoms with E-state index in [0.717, 1.165) is 9.47 Å². The summed E-state index contributed by atoms with van der Waals surface area (Å²) in [4.78, 5) is 11.8. The van der Waals surface area contributed by atoms with Crippen molar-refractivity contribution in [3.8, 4) is 0 Å². The minimum atomic E-state index is -0.144. The van der Waals surface area contributed by atoms with Crippen LogP contribution in [0.4, 0.5) is 5.13 Å². The summed E-state index contributed by atoms with van der Waals surface area (Å²) in [6, 6.07) is 0.750. The summed E-state index contributed by atoms with van der Waals surface area (Å²) < 4.78 is 0.838. The molecule has 100 valence electrons. The maximum atomic E-state index is 11.8. The molecule has 1 aliphatic rings. The fourth-order valence-corrected chi connectivity index (χ4v) is 3.31. The molecule has 1 heterocycles. The summed E-state index contributed by atoms with van der Waals surface area (Å²) >= 11 is 2.97. The van der Waals surface area contributed by atoms with Crippen molar-refractivity contribution in [3.05, 3.63) is 0 Å². The largest absolute Gasteiger partial charge is 0.357 e. The maximum Gasteiger partial charge on any atom is 0.233 e. The Morgan fingerprint density at radius 3 is 2.72 bits per heavy atom. The number of nitrogens with zero attached hydrogens (tertiary/aromatic N) is 2. The number of carbonyl (C=O) groups is 1. The number of thioether (sulfide) groups is 1. The van der Waals surface area contributed by atoms with Crippen LogP contribution in [0.3, 0.4) is 0 Å². The van der Waals surface area contributed by atoms with Gasteiger partial charge in [0.15, 0.2) is 4.34 Å². The fourth-order valence-electron chi connectivity index (χ4n) is 1.32. The van der Waals surface area contributed by atoms with E-state index in [9.17, 15) is 4.79 Å². The van der Waals surface area contributed by atoms with Crippen molar-refractivity contribution in [1.29, 1.82) is 0 Å². The molecule has 5 nitrogen and oxygen atoms in total. The lowest BCUT2D eigenvalue weighted by Crippen LogP contribution is -2.35. The molecule has 1 aliphatic carbocycles. The Morgan fingerprint density at radius 1 is 1.39 bits per heavy atom. The van der Waals surface area contributed by atoms with Crippen LogP contribution >= 0.6 is 23.1 Å². The van der Waals surface area contributed by atoms with Gasteiger partial charge in [-0.3, -0.25) is 4.79 Å². The van der Waals surface area contributed by atoms with Gasteiger partial charge in [0.05, 0.1) is 5.25 Å². The van der Waals surface area contributed by atoms with Crippen LogP contribution < -0.4 is 10.6 Å². The number of carbonyl (C=O) groups excluding carboxylic acids is 1. The van der Waals surface area contributed by atoms with E-state index in [2.05, 4.69) is 20.8 Å². The molecule has 18 heavy (non-hydrogen) atoms. The highest BCUT2D eigenvalue weighted by Crippen LogP contribution is 2.31. The average molecular weight is 286 g/mol. The molecule has 0 radical (unpaired) electrons. The van der Waals surface area contributed by atoms with Gasteiger partial charge in [-0.05, 0) is 33.6 Å². The van der Waals surface area contributed by atoms with Crippen molar-refractivity contribution in [1.82, 2.24) is 15.5 Å². The van der Waals surface area contributed by atoms with Crippen molar-refractivity contribution in [2.45, 2.75) is 55.3 Å². The quantitative estimate of drug-likeness (QED) is 0.784. The highest BCUT2D eigenvalue weighted by Gasteiger charge is 2.23. The molecule has 0 unspecified atom stereocenters. The van der Waals surface area contributed by atoms with E-state index < -0.39 is 0 Å². The molecule has 0 aliphatic heterocycles. The van der Waals surface area contributed by atoms with E-state index in [1.807, 2.05) is 20.8 Å².